The van der Waals surface area contributed by atoms with Crippen LogP contribution in [0.2, 0.25) is 0 Å². The van der Waals surface area contributed by atoms with Gasteiger partial charge in [0.05, 0.1) is 11.2 Å². The lowest BCUT2D eigenvalue weighted by Crippen LogP contribution is -2.33. The third kappa shape index (κ3) is 3.99. The van der Waals surface area contributed by atoms with Crippen LogP contribution >= 0.6 is 0 Å². The van der Waals surface area contributed by atoms with Crippen LogP contribution in [0.4, 0.5) is 5.69 Å². The summed E-state index contributed by atoms with van der Waals surface area (Å²) in [5.41, 5.74) is 12.8. The highest BCUT2D eigenvalue weighted by molar-refractivity contribution is 5.96. The molecule has 0 aliphatic carbocycles. The summed E-state index contributed by atoms with van der Waals surface area (Å²) in [7, 11) is 0. The minimum Gasteiger partial charge on any atom is -0.371 e. The molecule has 1 aliphatic heterocycles. The molecule has 1 aliphatic rings. The van der Waals surface area contributed by atoms with Gasteiger partial charge in [-0.1, -0.05) is 114 Å². The maximum Gasteiger partial charge on any atom is 0.0790 e. The lowest BCUT2D eigenvalue weighted by molar-refractivity contribution is 0.685. The third-order valence-corrected chi connectivity index (χ3v) is 6.91. The molecular weight excluding hydrogens is 410 g/mol. The molecule has 0 saturated carbocycles. The third-order valence-electron chi connectivity index (χ3n) is 6.91. The minimum absolute atomic E-state index is 0.357. The second-order valence-electron chi connectivity index (χ2n) is 9.69. The van der Waals surface area contributed by atoms with Gasteiger partial charge in [0, 0.05) is 11.1 Å². The summed E-state index contributed by atoms with van der Waals surface area (Å²) in [6.07, 6.45) is 2.38. The predicted octanol–water partition coefficient (Wildman–Crippen LogP) is 8.45. The molecule has 4 aromatic rings. The van der Waals surface area contributed by atoms with Crippen LogP contribution in [0.15, 0.2) is 104 Å². The smallest absolute Gasteiger partial charge is 0.0790 e. The van der Waals surface area contributed by atoms with Gasteiger partial charge in [-0.3, -0.25) is 0 Å². The first-order valence-electron chi connectivity index (χ1n) is 11.9. The van der Waals surface area contributed by atoms with Gasteiger partial charge in [-0.2, -0.15) is 0 Å². The van der Waals surface area contributed by atoms with E-state index in [1.165, 1.54) is 39.0 Å². The fourth-order valence-corrected chi connectivity index (χ4v) is 4.76. The SMILES string of the molecule is C=C(c1ccc(C)cc1)c1cccc2c1NC(C)(c1ccc(C)cc1)C=C2c1ccc(C)cc1. The molecule has 0 fully saturated rings. The molecule has 4 aromatic carbocycles. The predicted molar refractivity (Wildman–Crippen MR) is 146 cm³/mol. The van der Waals surface area contributed by atoms with Gasteiger partial charge in [-0.25, -0.2) is 0 Å². The Morgan fingerprint density at radius 2 is 1.26 bits per heavy atom. The van der Waals surface area contributed by atoms with Gasteiger partial charge in [-0.05, 0) is 61.6 Å². The van der Waals surface area contributed by atoms with Gasteiger partial charge in [0.25, 0.3) is 0 Å². The summed E-state index contributed by atoms with van der Waals surface area (Å²) in [5.74, 6) is 0. The van der Waals surface area contributed by atoms with E-state index in [0.29, 0.717) is 0 Å². The Kier molecular flexibility index (Phi) is 5.49. The fourth-order valence-electron chi connectivity index (χ4n) is 4.76. The Bertz CT molecular complexity index is 1390. The average Bonchev–Trinajstić information content (AvgIpc) is 2.84. The molecular formula is C33H31N. The molecule has 34 heavy (non-hydrogen) atoms. The van der Waals surface area contributed by atoms with Gasteiger partial charge >= 0.3 is 0 Å². The lowest BCUT2D eigenvalue weighted by atomic mass is 9.79. The van der Waals surface area contributed by atoms with Crippen LogP contribution in [-0.2, 0) is 5.54 Å². The van der Waals surface area contributed by atoms with E-state index in [0.717, 1.165) is 22.4 Å². The lowest BCUT2D eigenvalue weighted by Gasteiger charge is -2.37. The van der Waals surface area contributed by atoms with Crippen molar-refractivity contribution in [3.8, 4) is 0 Å². The largest absolute Gasteiger partial charge is 0.371 e. The van der Waals surface area contributed by atoms with E-state index in [-0.39, 0.29) is 5.54 Å². The molecule has 1 unspecified atom stereocenters. The Hall–Kier alpha value is -3.84. The molecule has 0 aromatic heterocycles. The normalized spacial score (nSPS) is 16.9. The van der Waals surface area contributed by atoms with Crippen molar-refractivity contribution in [1.82, 2.24) is 0 Å². The van der Waals surface area contributed by atoms with Crippen molar-refractivity contribution < 1.29 is 0 Å². The maximum absolute atomic E-state index is 4.51. The van der Waals surface area contributed by atoms with Gasteiger partial charge < -0.3 is 5.32 Å². The number of hydrogen-bond acceptors (Lipinski definition) is 1. The van der Waals surface area contributed by atoms with Crippen LogP contribution in [0.1, 0.15) is 51.4 Å². The van der Waals surface area contributed by atoms with Crippen LogP contribution in [0.25, 0.3) is 11.1 Å². The van der Waals surface area contributed by atoms with Crippen molar-refractivity contribution >= 4 is 16.8 Å². The van der Waals surface area contributed by atoms with Crippen LogP contribution in [0.5, 0.6) is 0 Å². The number of anilines is 1. The standard InChI is InChI=1S/C33H31N/c1-22-9-15-26(16-10-22)25(4)29-7-6-8-30-31(27-17-11-23(2)12-18-27)21-33(5,34-32(29)30)28-19-13-24(3)14-20-28/h6-21,34H,4H2,1-3,5H3. The number of para-hydroxylation sites is 1. The van der Waals surface area contributed by atoms with Crippen molar-refractivity contribution in [3.05, 3.63) is 148 Å². The number of hydrogen-bond donors (Lipinski definition) is 1. The zero-order valence-electron chi connectivity index (χ0n) is 20.4. The van der Waals surface area contributed by atoms with Gasteiger partial charge in [0.2, 0.25) is 0 Å². The van der Waals surface area contributed by atoms with Crippen LogP contribution in [-0.4, -0.2) is 0 Å². The monoisotopic (exact) mass is 441 g/mol. The highest BCUT2D eigenvalue weighted by atomic mass is 15.0. The summed E-state index contributed by atoms with van der Waals surface area (Å²) in [6, 6.07) is 32.8. The van der Waals surface area contributed by atoms with Crippen LogP contribution in [0.3, 0.4) is 0 Å². The highest BCUT2D eigenvalue weighted by Gasteiger charge is 2.32. The number of rotatable bonds is 4. The summed E-state index contributed by atoms with van der Waals surface area (Å²) in [6.45, 7) is 13.2. The maximum atomic E-state index is 4.51. The zero-order valence-corrected chi connectivity index (χ0v) is 20.4. The Morgan fingerprint density at radius 1 is 0.706 bits per heavy atom. The molecule has 1 nitrogen and oxygen atoms in total. The highest BCUT2D eigenvalue weighted by Crippen LogP contribution is 2.45. The summed E-state index contributed by atoms with van der Waals surface area (Å²) in [5, 5.41) is 3.91. The van der Waals surface area contributed by atoms with Gasteiger partial charge in [0.15, 0.2) is 0 Å². The summed E-state index contributed by atoms with van der Waals surface area (Å²) < 4.78 is 0. The molecule has 5 rings (SSSR count). The Labute approximate surface area is 203 Å². The zero-order chi connectivity index (χ0) is 23.9. The molecule has 0 spiro atoms. The van der Waals surface area contributed by atoms with E-state index in [1.807, 2.05) is 0 Å². The van der Waals surface area contributed by atoms with Crippen LogP contribution < -0.4 is 5.32 Å². The molecule has 0 radical (unpaired) electrons. The van der Waals surface area contributed by atoms with E-state index >= 15 is 0 Å². The van der Waals surface area contributed by atoms with E-state index in [1.54, 1.807) is 0 Å². The number of fused-ring (bicyclic) bond motifs is 1. The second-order valence-corrected chi connectivity index (χ2v) is 9.69. The van der Waals surface area contributed by atoms with E-state index in [4.69, 9.17) is 0 Å². The first-order valence-corrected chi connectivity index (χ1v) is 11.9. The molecule has 0 bridgehead atoms. The molecule has 1 heteroatoms. The minimum atomic E-state index is -0.357. The van der Waals surface area contributed by atoms with Crippen molar-refractivity contribution in [2.24, 2.45) is 0 Å². The van der Waals surface area contributed by atoms with Crippen molar-refractivity contribution in [1.29, 1.82) is 0 Å². The molecule has 1 atom stereocenters. The number of benzene rings is 4. The summed E-state index contributed by atoms with van der Waals surface area (Å²) >= 11 is 0. The second kappa shape index (κ2) is 8.50. The van der Waals surface area contributed by atoms with Crippen molar-refractivity contribution in [3.63, 3.8) is 0 Å². The van der Waals surface area contributed by atoms with Crippen molar-refractivity contribution in [2.75, 3.05) is 5.32 Å². The first-order chi connectivity index (χ1) is 16.3. The molecule has 0 amide bonds. The van der Waals surface area contributed by atoms with E-state index < -0.39 is 0 Å². The van der Waals surface area contributed by atoms with Crippen molar-refractivity contribution in [2.45, 2.75) is 33.2 Å². The summed E-state index contributed by atoms with van der Waals surface area (Å²) in [4.78, 5) is 0. The van der Waals surface area contributed by atoms with E-state index in [9.17, 15) is 0 Å². The molecule has 0 saturated heterocycles. The molecule has 1 heterocycles. The quantitative estimate of drug-likeness (QED) is 0.335. The molecule has 1 N–H and O–H groups in total. The Morgan fingerprint density at radius 3 is 1.88 bits per heavy atom. The Balaban J connectivity index is 1.70. The topological polar surface area (TPSA) is 12.0 Å². The number of nitrogens with one attached hydrogen (secondary N) is 1. The fraction of sp³-hybridized carbons (Fsp3) is 0.152. The number of aryl methyl sites for hydroxylation is 3. The van der Waals surface area contributed by atoms with Gasteiger partial charge in [-0.15, -0.1) is 0 Å². The van der Waals surface area contributed by atoms with Gasteiger partial charge in [0.1, 0.15) is 0 Å². The van der Waals surface area contributed by atoms with Crippen LogP contribution in [0, 0.1) is 20.8 Å². The average molecular weight is 442 g/mol. The van der Waals surface area contributed by atoms with E-state index in [2.05, 4.69) is 137 Å². The first kappa shape index (κ1) is 22.0. The molecule has 168 valence electrons.